The summed E-state index contributed by atoms with van der Waals surface area (Å²) in [4.78, 5) is 0. The second kappa shape index (κ2) is 5.24. The minimum atomic E-state index is -0.120. The van der Waals surface area contributed by atoms with Crippen molar-refractivity contribution < 1.29 is 5.11 Å². The van der Waals surface area contributed by atoms with Crippen LogP contribution in [0.5, 0.6) is 0 Å². The summed E-state index contributed by atoms with van der Waals surface area (Å²) in [5, 5.41) is 16.7. The quantitative estimate of drug-likeness (QED) is 0.751. The van der Waals surface area contributed by atoms with Crippen molar-refractivity contribution in [3.8, 4) is 23.1 Å². The van der Waals surface area contributed by atoms with Gasteiger partial charge in [-0.05, 0) is 31.2 Å². The van der Waals surface area contributed by atoms with Crippen LogP contribution in [0.4, 0.5) is 0 Å². The molecule has 0 unspecified atom stereocenters. The van der Waals surface area contributed by atoms with Crippen molar-refractivity contribution in [2.45, 2.75) is 6.92 Å². The molecule has 1 heterocycles. The highest BCUT2D eigenvalue weighted by Gasteiger charge is 1.99. The Bertz CT molecular complexity index is 548. The summed E-state index contributed by atoms with van der Waals surface area (Å²) < 4.78 is 0. The van der Waals surface area contributed by atoms with E-state index < -0.39 is 0 Å². The first kappa shape index (κ1) is 11.3. The van der Waals surface area contributed by atoms with Gasteiger partial charge in [0.25, 0.3) is 0 Å². The number of aromatic nitrogens is 2. The Morgan fingerprint density at radius 2 is 1.82 bits per heavy atom. The number of nitrogens with zero attached hydrogens (tertiary/aromatic N) is 2. The summed E-state index contributed by atoms with van der Waals surface area (Å²) in [6.45, 7) is 1.79. The number of benzene rings is 1. The van der Waals surface area contributed by atoms with E-state index >= 15 is 0 Å². The lowest BCUT2D eigenvalue weighted by atomic mass is 10.1. The second-order valence-electron chi connectivity index (χ2n) is 3.60. The van der Waals surface area contributed by atoms with E-state index in [4.69, 9.17) is 5.11 Å². The van der Waals surface area contributed by atoms with Crippen LogP contribution in [0.1, 0.15) is 11.3 Å². The lowest BCUT2D eigenvalue weighted by Gasteiger charge is -2.00. The summed E-state index contributed by atoms with van der Waals surface area (Å²) in [6, 6.07) is 11.6. The van der Waals surface area contributed by atoms with Crippen molar-refractivity contribution in [1.82, 2.24) is 10.2 Å². The third-order valence-corrected chi connectivity index (χ3v) is 2.29. The van der Waals surface area contributed by atoms with E-state index in [0.717, 1.165) is 22.5 Å². The molecule has 0 aliphatic heterocycles. The van der Waals surface area contributed by atoms with Crippen LogP contribution >= 0.6 is 0 Å². The SMILES string of the molecule is Cc1ccc(-c2ccc(C#CCO)cc2)nn1. The monoisotopic (exact) mass is 224 g/mol. The molecule has 1 aromatic heterocycles. The Morgan fingerprint density at radius 1 is 1.06 bits per heavy atom. The number of aryl methyl sites for hydroxylation is 1. The van der Waals surface area contributed by atoms with Crippen molar-refractivity contribution in [3.63, 3.8) is 0 Å². The van der Waals surface area contributed by atoms with E-state index in [1.165, 1.54) is 0 Å². The topological polar surface area (TPSA) is 46.0 Å². The Morgan fingerprint density at radius 3 is 2.41 bits per heavy atom. The summed E-state index contributed by atoms with van der Waals surface area (Å²) in [6.07, 6.45) is 0. The van der Waals surface area contributed by atoms with E-state index in [2.05, 4.69) is 22.0 Å². The molecule has 2 aromatic rings. The molecule has 0 radical (unpaired) electrons. The summed E-state index contributed by atoms with van der Waals surface area (Å²) in [7, 11) is 0. The van der Waals surface area contributed by atoms with Crippen LogP contribution in [0.2, 0.25) is 0 Å². The number of rotatable bonds is 1. The van der Waals surface area contributed by atoms with E-state index in [0.29, 0.717) is 0 Å². The maximum absolute atomic E-state index is 8.59. The van der Waals surface area contributed by atoms with Gasteiger partial charge in [-0.15, -0.1) is 0 Å². The molecule has 0 atom stereocenters. The minimum absolute atomic E-state index is 0.120. The molecule has 84 valence electrons. The molecule has 1 N–H and O–H groups in total. The first-order chi connectivity index (χ1) is 8.29. The van der Waals surface area contributed by atoms with Crippen LogP contribution in [0.15, 0.2) is 36.4 Å². The molecule has 0 aliphatic carbocycles. The number of hydrogen-bond acceptors (Lipinski definition) is 3. The lowest BCUT2D eigenvalue weighted by Crippen LogP contribution is -1.89. The van der Waals surface area contributed by atoms with Gasteiger partial charge in [0.2, 0.25) is 0 Å². The fraction of sp³-hybridized carbons (Fsp3) is 0.143. The zero-order valence-electron chi connectivity index (χ0n) is 9.51. The molecular formula is C14H12N2O. The molecule has 3 heteroatoms. The highest BCUT2D eigenvalue weighted by molar-refractivity contribution is 5.59. The minimum Gasteiger partial charge on any atom is -0.384 e. The van der Waals surface area contributed by atoms with Gasteiger partial charge >= 0.3 is 0 Å². The molecule has 0 bridgehead atoms. The van der Waals surface area contributed by atoms with E-state index in [1.807, 2.05) is 43.3 Å². The molecule has 0 aliphatic rings. The standard InChI is InChI=1S/C14H12N2O/c1-11-4-9-14(16-15-11)13-7-5-12(6-8-13)3-2-10-17/h4-9,17H,10H2,1H3. The zero-order valence-corrected chi connectivity index (χ0v) is 9.51. The van der Waals surface area contributed by atoms with Crippen LogP contribution in [0.25, 0.3) is 11.3 Å². The lowest BCUT2D eigenvalue weighted by molar-refractivity contribution is 0.350. The van der Waals surface area contributed by atoms with Gasteiger partial charge in [0.1, 0.15) is 6.61 Å². The third kappa shape index (κ3) is 2.90. The van der Waals surface area contributed by atoms with Gasteiger partial charge in [-0.25, -0.2) is 0 Å². The average molecular weight is 224 g/mol. The van der Waals surface area contributed by atoms with Crippen molar-refractivity contribution in [3.05, 3.63) is 47.7 Å². The molecule has 2 rings (SSSR count). The van der Waals surface area contributed by atoms with Crippen LogP contribution in [-0.4, -0.2) is 21.9 Å². The molecule has 0 saturated heterocycles. The summed E-state index contributed by atoms with van der Waals surface area (Å²) in [5.41, 5.74) is 3.63. The predicted molar refractivity (Wildman–Crippen MR) is 66.2 cm³/mol. The Labute approximate surface area is 100 Å². The molecule has 1 aromatic carbocycles. The van der Waals surface area contributed by atoms with Gasteiger partial charge in [-0.3, -0.25) is 0 Å². The van der Waals surface area contributed by atoms with Gasteiger partial charge < -0.3 is 5.11 Å². The van der Waals surface area contributed by atoms with Gasteiger partial charge in [0, 0.05) is 11.1 Å². The molecule has 17 heavy (non-hydrogen) atoms. The number of aliphatic hydroxyl groups is 1. The van der Waals surface area contributed by atoms with Crippen LogP contribution in [0, 0.1) is 18.8 Å². The highest BCUT2D eigenvalue weighted by Crippen LogP contribution is 2.16. The third-order valence-electron chi connectivity index (χ3n) is 2.29. The van der Waals surface area contributed by atoms with Gasteiger partial charge in [0.15, 0.2) is 0 Å². The zero-order chi connectivity index (χ0) is 12.1. The predicted octanol–water partition coefficient (Wildman–Crippen LogP) is 1.80. The molecule has 3 nitrogen and oxygen atoms in total. The molecule has 0 fully saturated rings. The van der Waals surface area contributed by atoms with Crippen molar-refractivity contribution in [2.24, 2.45) is 0 Å². The summed E-state index contributed by atoms with van der Waals surface area (Å²) >= 11 is 0. The first-order valence-electron chi connectivity index (χ1n) is 5.30. The van der Waals surface area contributed by atoms with Crippen molar-refractivity contribution in [2.75, 3.05) is 6.61 Å². The maximum Gasteiger partial charge on any atom is 0.104 e. The molecule has 0 amide bonds. The normalized spacial score (nSPS) is 9.53. The Balaban J connectivity index is 2.26. The Kier molecular flexibility index (Phi) is 3.49. The van der Waals surface area contributed by atoms with Gasteiger partial charge in [-0.2, -0.15) is 10.2 Å². The number of hydrogen-bond donors (Lipinski definition) is 1. The molecule has 0 spiro atoms. The fourth-order valence-electron chi connectivity index (χ4n) is 1.42. The van der Waals surface area contributed by atoms with Gasteiger partial charge in [-0.1, -0.05) is 24.0 Å². The molecule has 0 saturated carbocycles. The Hall–Kier alpha value is -2.18. The van der Waals surface area contributed by atoms with Crippen molar-refractivity contribution >= 4 is 0 Å². The van der Waals surface area contributed by atoms with Crippen LogP contribution in [-0.2, 0) is 0 Å². The van der Waals surface area contributed by atoms with E-state index in [-0.39, 0.29) is 6.61 Å². The van der Waals surface area contributed by atoms with Crippen molar-refractivity contribution in [1.29, 1.82) is 0 Å². The second-order valence-corrected chi connectivity index (χ2v) is 3.60. The number of aliphatic hydroxyl groups excluding tert-OH is 1. The highest BCUT2D eigenvalue weighted by atomic mass is 16.2. The molecular weight excluding hydrogens is 212 g/mol. The summed E-state index contributed by atoms with van der Waals surface area (Å²) in [5.74, 6) is 5.45. The van der Waals surface area contributed by atoms with Gasteiger partial charge in [0.05, 0.1) is 11.4 Å². The average Bonchev–Trinajstić information content (AvgIpc) is 2.38. The van der Waals surface area contributed by atoms with E-state index in [9.17, 15) is 0 Å². The van der Waals surface area contributed by atoms with E-state index in [1.54, 1.807) is 0 Å². The fourth-order valence-corrected chi connectivity index (χ4v) is 1.42. The largest absolute Gasteiger partial charge is 0.384 e. The maximum atomic E-state index is 8.59. The first-order valence-corrected chi connectivity index (χ1v) is 5.30. The smallest absolute Gasteiger partial charge is 0.104 e. The van der Waals surface area contributed by atoms with Crippen LogP contribution in [0.3, 0.4) is 0 Å². The van der Waals surface area contributed by atoms with Crippen LogP contribution < -0.4 is 0 Å².